The van der Waals surface area contributed by atoms with Crippen LogP contribution >= 0.6 is 0 Å². The second kappa shape index (κ2) is 24.6. The number of amides is 2. The fourth-order valence-corrected chi connectivity index (χ4v) is 9.20. The summed E-state index contributed by atoms with van der Waals surface area (Å²) in [7, 11) is 0. The van der Waals surface area contributed by atoms with E-state index in [2.05, 4.69) is 46.4 Å². The first-order chi connectivity index (χ1) is 34.4. The third-order valence-electron chi connectivity index (χ3n) is 12.8. The first-order valence-corrected chi connectivity index (χ1v) is 23.8. The highest BCUT2D eigenvalue weighted by Crippen LogP contribution is 2.46. The number of fused-ring (bicyclic) bond motifs is 6. The molecule has 0 radical (unpaired) electrons. The average Bonchev–Trinajstić information content (AvgIpc) is 3.89. The van der Waals surface area contributed by atoms with E-state index in [4.69, 9.17) is 9.47 Å². The largest absolute Gasteiger partial charge is 0.465 e. The number of esters is 2. The van der Waals surface area contributed by atoms with Crippen LogP contribution in [0.4, 0.5) is 22.0 Å². The van der Waals surface area contributed by atoms with Gasteiger partial charge in [0.05, 0.1) is 37.8 Å². The second-order valence-electron chi connectivity index (χ2n) is 17.6. The fraction of sp³-hybridized carbons (Fsp3) is 0.286. The maximum Gasteiger partial charge on any atom is 0.306 e. The molecule has 15 heteroatoms. The summed E-state index contributed by atoms with van der Waals surface area (Å²) in [5.41, 5.74) is 16.0. The van der Waals surface area contributed by atoms with Gasteiger partial charge in [0, 0.05) is 43.3 Å². The van der Waals surface area contributed by atoms with Gasteiger partial charge in [-0.05, 0) is 62.9 Å². The van der Waals surface area contributed by atoms with Crippen molar-refractivity contribution in [3.63, 3.8) is 0 Å². The third-order valence-corrected chi connectivity index (χ3v) is 12.8. The highest BCUT2D eigenvalue weighted by atomic mass is 19.2. The fourth-order valence-electron chi connectivity index (χ4n) is 9.20. The van der Waals surface area contributed by atoms with Gasteiger partial charge in [-0.1, -0.05) is 127 Å². The van der Waals surface area contributed by atoms with Gasteiger partial charge in [0.25, 0.3) is 0 Å². The van der Waals surface area contributed by atoms with Crippen molar-refractivity contribution in [1.29, 1.82) is 0 Å². The van der Waals surface area contributed by atoms with Crippen LogP contribution in [0, 0.1) is 40.9 Å². The summed E-state index contributed by atoms with van der Waals surface area (Å²) >= 11 is 0. The van der Waals surface area contributed by atoms with Crippen molar-refractivity contribution in [2.24, 2.45) is 11.8 Å². The Kier molecular flexibility index (Phi) is 17.8. The maximum absolute atomic E-state index is 14.3. The highest BCUT2D eigenvalue weighted by Gasteiger charge is 2.34. The molecule has 6 aromatic carbocycles. The molecule has 2 unspecified atom stereocenters. The van der Waals surface area contributed by atoms with Crippen LogP contribution in [0.3, 0.4) is 0 Å². The molecule has 0 heterocycles. The van der Waals surface area contributed by atoms with Gasteiger partial charge >= 0.3 is 11.9 Å². The van der Waals surface area contributed by atoms with Crippen LogP contribution in [0.25, 0.3) is 22.3 Å². The molecule has 0 aromatic heterocycles. The monoisotopic (exact) mass is 976 g/mol. The van der Waals surface area contributed by atoms with E-state index < -0.39 is 71.2 Å². The number of hydrogen-bond donors (Lipinski definition) is 4. The Bertz CT molecular complexity index is 2730. The summed E-state index contributed by atoms with van der Waals surface area (Å²) in [5.74, 6) is -14.8. The molecule has 0 saturated carbocycles. The van der Waals surface area contributed by atoms with Crippen LogP contribution in [0.1, 0.15) is 70.9 Å². The Balaban J connectivity index is 0.000000211. The number of benzene rings is 6. The number of rotatable bonds is 20. The Morgan fingerprint density at radius 1 is 0.465 bits per heavy atom. The summed E-state index contributed by atoms with van der Waals surface area (Å²) in [4.78, 5) is 51.2. The second-order valence-corrected chi connectivity index (χ2v) is 17.6. The first-order valence-electron chi connectivity index (χ1n) is 23.8. The summed E-state index contributed by atoms with van der Waals surface area (Å²) < 4.78 is 80.9. The van der Waals surface area contributed by atoms with Gasteiger partial charge in [0.1, 0.15) is 13.2 Å². The van der Waals surface area contributed by atoms with Crippen molar-refractivity contribution in [1.82, 2.24) is 10.6 Å². The van der Waals surface area contributed by atoms with E-state index in [1.54, 1.807) is 0 Å². The minimum atomic E-state index is -2.29. The molecule has 2 aliphatic carbocycles. The molecule has 8 N–H and O–H groups in total. The number of ether oxygens (including phenoxy) is 2. The van der Waals surface area contributed by atoms with Crippen molar-refractivity contribution in [2.45, 2.75) is 50.4 Å². The topological polar surface area (TPSA) is 166 Å². The zero-order valence-corrected chi connectivity index (χ0v) is 39.2. The molecule has 8 rings (SSSR count). The molecule has 2 aliphatic rings. The van der Waals surface area contributed by atoms with E-state index in [-0.39, 0.29) is 49.9 Å². The van der Waals surface area contributed by atoms with Crippen molar-refractivity contribution in [3.8, 4) is 22.3 Å². The van der Waals surface area contributed by atoms with Gasteiger partial charge in [0.2, 0.25) is 17.6 Å². The summed E-state index contributed by atoms with van der Waals surface area (Å²) in [6.07, 6.45) is 0.362. The van der Waals surface area contributed by atoms with E-state index in [9.17, 15) is 41.1 Å². The van der Waals surface area contributed by atoms with Crippen LogP contribution < -0.4 is 22.1 Å². The van der Waals surface area contributed by atoms with Crippen LogP contribution in [-0.2, 0) is 41.5 Å². The maximum atomic E-state index is 14.3. The molecule has 0 aliphatic heterocycles. The predicted molar refractivity (Wildman–Crippen MR) is 256 cm³/mol. The van der Waals surface area contributed by atoms with Gasteiger partial charge in [-0.2, -0.15) is 0 Å². The van der Waals surface area contributed by atoms with Gasteiger partial charge in [0.15, 0.2) is 23.3 Å². The van der Waals surface area contributed by atoms with Gasteiger partial charge in [-0.3, -0.25) is 19.2 Å². The van der Waals surface area contributed by atoms with Crippen molar-refractivity contribution < 1.29 is 62.1 Å². The first kappa shape index (κ1) is 51.6. The Labute approximate surface area is 408 Å². The van der Waals surface area contributed by atoms with E-state index in [1.807, 2.05) is 103 Å². The lowest BCUT2D eigenvalue weighted by atomic mass is 9.94. The quantitative estimate of drug-likeness (QED) is 0.0205. The molecular formula is C56H57F5N4O6+2. The Morgan fingerprint density at radius 3 is 1.18 bits per heavy atom. The van der Waals surface area contributed by atoms with Crippen LogP contribution in [0.2, 0.25) is 0 Å². The SMILES string of the molecule is [NH3+]CCCNC(=O)C(CC(=O)OCC1c2ccccc2-c2ccccc21)Cc1c(F)c(F)c(F)c(F)c1F.[NH3+]CCCNC(=O)C(CC(=O)OCC1c2ccccc2-c2ccccc21)Cc1ccccc1. The van der Waals surface area contributed by atoms with E-state index in [1.165, 1.54) is 22.3 Å². The third kappa shape index (κ3) is 12.4. The zero-order chi connectivity index (χ0) is 50.4. The molecule has 6 aromatic rings. The molecule has 0 spiro atoms. The van der Waals surface area contributed by atoms with Gasteiger partial charge in [-0.25, -0.2) is 22.0 Å². The minimum absolute atomic E-state index is 0.0137. The van der Waals surface area contributed by atoms with Gasteiger partial charge < -0.3 is 31.6 Å². The van der Waals surface area contributed by atoms with Crippen molar-refractivity contribution >= 4 is 23.8 Å². The number of halogens is 5. The highest BCUT2D eigenvalue weighted by molar-refractivity contribution is 5.85. The van der Waals surface area contributed by atoms with E-state index in [0.717, 1.165) is 40.8 Å². The Hall–Kier alpha value is -7.23. The molecule has 2 amide bonds. The van der Waals surface area contributed by atoms with E-state index in [0.29, 0.717) is 25.9 Å². The summed E-state index contributed by atoms with van der Waals surface area (Å²) in [6.45, 7) is 2.21. The summed E-state index contributed by atoms with van der Waals surface area (Å²) in [6, 6.07) is 41.7. The van der Waals surface area contributed by atoms with Crippen LogP contribution in [0.5, 0.6) is 0 Å². The van der Waals surface area contributed by atoms with Crippen LogP contribution in [0.15, 0.2) is 127 Å². The van der Waals surface area contributed by atoms with Gasteiger partial charge in [-0.15, -0.1) is 0 Å². The zero-order valence-electron chi connectivity index (χ0n) is 39.2. The number of nitrogens with one attached hydrogen (secondary N) is 2. The molecule has 10 nitrogen and oxygen atoms in total. The minimum Gasteiger partial charge on any atom is -0.465 e. The number of carbonyl (C=O) groups is 4. The van der Waals surface area contributed by atoms with Crippen molar-refractivity contribution in [2.75, 3.05) is 39.4 Å². The molecule has 71 heavy (non-hydrogen) atoms. The smallest absolute Gasteiger partial charge is 0.306 e. The number of quaternary nitrogens is 2. The molecule has 0 saturated heterocycles. The lowest BCUT2D eigenvalue weighted by Gasteiger charge is -2.19. The Morgan fingerprint density at radius 2 is 0.803 bits per heavy atom. The lowest BCUT2D eigenvalue weighted by Crippen LogP contribution is -2.51. The van der Waals surface area contributed by atoms with Crippen molar-refractivity contribution in [3.05, 3.63) is 190 Å². The molecule has 370 valence electrons. The lowest BCUT2D eigenvalue weighted by molar-refractivity contribution is -0.368. The predicted octanol–water partition coefficient (Wildman–Crippen LogP) is 7.37. The average molecular weight is 977 g/mol. The summed E-state index contributed by atoms with van der Waals surface area (Å²) in [5, 5.41) is 5.46. The van der Waals surface area contributed by atoms with Crippen LogP contribution in [-0.4, -0.2) is 63.1 Å². The number of carbonyl (C=O) groups excluding carboxylic acids is 4. The standard InChI is InChI=1S/C28H25F5N2O3.C28H30N2O3/c29-23-20(24(30)26(32)27(33)25(23)31)12-15(28(37)35-11-5-10-34)13-22(36)38-14-21-18-8-3-1-6-16(18)17-7-2-4-9-19(17)21;29-15-8-16-30-28(32)21(17-20-9-2-1-3-10-20)18-27(31)33-19-26-24-13-6-4-11-22(24)23-12-5-7-14-25(23)26/h1-4,6-9,15,21H,5,10-14,34H2,(H,35,37);1-7,9-14,21,26H,8,15-19,29H2,(H,30,32)/p+2. The molecule has 0 bridgehead atoms. The normalized spacial score (nSPS) is 13.1. The molecule has 2 atom stereocenters. The van der Waals surface area contributed by atoms with E-state index >= 15 is 0 Å². The molecular weight excluding hydrogens is 920 g/mol. The molecule has 0 fully saturated rings. The number of hydrogen-bond acceptors (Lipinski definition) is 6.